The predicted molar refractivity (Wildman–Crippen MR) is 116 cm³/mol. The highest BCUT2D eigenvalue weighted by Gasteiger charge is 2.20. The lowest BCUT2D eigenvalue weighted by atomic mass is 10.0. The van der Waals surface area contributed by atoms with E-state index in [9.17, 15) is 4.39 Å². The molecule has 0 aliphatic carbocycles. The molecule has 0 spiro atoms. The maximum Gasteiger partial charge on any atom is 0.166 e. The van der Waals surface area contributed by atoms with Crippen LogP contribution in [0.25, 0.3) is 11.1 Å². The summed E-state index contributed by atoms with van der Waals surface area (Å²) in [4.78, 5) is 4.29. The second kappa shape index (κ2) is 8.62. The monoisotopic (exact) mass is 429 g/mol. The maximum absolute atomic E-state index is 14.0. The van der Waals surface area contributed by atoms with E-state index in [1.165, 1.54) is 12.1 Å². The fraction of sp³-hybridized carbons (Fsp3) is 0.364. The molecule has 1 saturated heterocycles. The molecule has 2 aromatic heterocycles. The standard InChI is InChI=1S/C22H25ClFN5O/c1-13-19(24)4-3-18(23)21(13)14(2)30-20-9-15(10-27-22(20)25)16-11-28-29(12-16)17-5-7-26-8-6-17/h3-4,9-12,14,17,26H,5-8H2,1-2H3,(H2,25,27). The molecule has 30 heavy (non-hydrogen) atoms. The van der Waals surface area contributed by atoms with Gasteiger partial charge in [0.2, 0.25) is 0 Å². The number of nitrogen functional groups attached to an aromatic ring is 1. The molecule has 0 saturated carbocycles. The molecular weight excluding hydrogens is 405 g/mol. The van der Waals surface area contributed by atoms with Crippen molar-refractivity contribution in [3.63, 3.8) is 0 Å². The molecule has 0 bridgehead atoms. The van der Waals surface area contributed by atoms with Gasteiger partial charge in [0.1, 0.15) is 11.9 Å². The van der Waals surface area contributed by atoms with Crippen molar-refractivity contribution in [3.05, 3.63) is 58.8 Å². The van der Waals surface area contributed by atoms with Crippen molar-refractivity contribution in [2.24, 2.45) is 0 Å². The van der Waals surface area contributed by atoms with E-state index in [4.69, 9.17) is 22.1 Å². The quantitative estimate of drug-likeness (QED) is 0.615. The number of ether oxygens (including phenoxy) is 1. The van der Waals surface area contributed by atoms with Crippen LogP contribution < -0.4 is 15.8 Å². The number of nitrogens with two attached hydrogens (primary N) is 1. The molecule has 6 nitrogen and oxygen atoms in total. The number of hydrogen-bond acceptors (Lipinski definition) is 5. The number of rotatable bonds is 5. The maximum atomic E-state index is 14.0. The third-order valence-electron chi connectivity index (χ3n) is 5.61. The van der Waals surface area contributed by atoms with Crippen molar-refractivity contribution < 1.29 is 9.13 Å². The van der Waals surface area contributed by atoms with Crippen molar-refractivity contribution >= 4 is 17.4 Å². The van der Waals surface area contributed by atoms with Crippen molar-refractivity contribution in [1.82, 2.24) is 20.1 Å². The Morgan fingerprint density at radius 1 is 1.27 bits per heavy atom. The van der Waals surface area contributed by atoms with Gasteiger partial charge in [-0.1, -0.05) is 11.6 Å². The Bertz CT molecular complexity index is 1050. The van der Waals surface area contributed by atoms with Crippen molar-refractivity contribution in [2.75, 3.05) is 18.8 Å². The topological polar surface area (TPSA) is 78.0 Å². The molecule has 4 rings (SSSR count). The molecule has 3 heterocycles. The summed E-state index contributed by atoms with van der Waals surface area (Å²) in [6, 6.07) is 5.12. The van der Waals surface area contributed by atoms with E-state index in [2.05, 4.69) is 15.4 Å². The Labute approximate surface area is 180 Å². The van der Waals surface area contributed by atoms with Gasteiger partial charge in [-0.2, -0.15) is 5.10 Å². The zero-order valence-electron chi connectivity index (χ0n) is 17.0. The number of nitrogens with one attached hydrogen (secondary N) is 1. The number of aromatic nitrogens is 3. The molecule has 1 atom stereocenters. The lowest BCUT2D eigenvalue weighted by Gasteiger charge is -2.22. The van der Waals surface area contributed by atoms with Gasteiger partial charge in [-0.15, -0.1) is 0 Å². The van der Waals surface area contributed by atoms with Gasteiger partial charge < -0.3 is 15.8 Å². The van der Waals surface area contributed by atoms with E-state index >= 15 is 0 Å². The zero-order chi connectivity index (χ0) is 21.3. The highest BCUT2D eigenvalue weighted by molar-refractivity contribution is 6.31. The number of piperidine rings is 1. The number of halogens is 2. The van der Waals surface area contributed by atoms with Gasteiger partial charge in [-0.05, 0) is 63.5 Å². The van der Waals surface area contributed by atoms with Gasteiger partial charge in [0.25, 0.3) is 0 Å². The molecule has 1 aliphatic rings. The van der Waals surface area contributed by atoms with Gasteiger partial charge in [0, 0.05) is 34.1 Å². The molecule has 1 aliphatic heterocycles. The first kappa shape index (κ1) is 20.6. The Balaban J connectivity index is 1.58. The molecular formula is C22H25ClFN5O. The molecule has 8 heteroatoms. The van der Waals surface area contributed by atoms with Crippen LogP contribution >= 0.6 is 11.6 Å². The third-order valence-corrected chi connectivity index (χ3v) is 5.93. The van der Waals surface area contributed by atoms with E-state index < -0.39 is 6.10 Å². The molecule has 3 aromatic rings. The van der Waals surface area contributed by atoms with Crippen molar-refractivity contribution in [2.45, 2.75) is 38.8 Å². The first-order chi connectivity index (χ1) is 14.4. The van der Waals surface area contributed by atoms with Crippen LogP contribution in [0.4, 0.5) is 10.2 Å². The van der Waals surface area contributed by atoms with Gasteiger partial charge in [0.05, 0.1) is 12.2 Å². The summed E-state index contributed by atoms with van der Waals surface area (Å²) in [6.07, 6.45) is 7.18. The number of benzene rings is 1. The van der Waals surface area contributed by atoms with Crippen LogP contribution in [0.3, 0.4) is 0 Å². The molecule has 1 unspecified atom stereocenters. The van der Waals surface area contributed by atoms with Gasteiger partial charge in [0.15, 0.2) is 11.6 Å². The van der Waals surface area contributed by atoms with E-state index in [0.717, 1.165) is 37.1 Å². The normalized spacial score (nSPS) is 15.9. The van der Waals surface area contributed by atoms with Gasteiger partial charge in [-0.25, -0.2) is 9.37 Å². The van der Waals surface area contributed by atoms with E-state index in [1.54, 1.807) is 13.1 Å². The average molecular weight is 430 g/mol. The fourth-order valence-electron chi connectivity index (χ4n) is 3.88. The Morgan fingerprint density at radius 2 is 2.03 bits per heavy atom. The Kier molecular flexibility index (Phi) is 5.92. The predicted octanol–water partition coefficient (Wildman–Crippen LogP) is 4.69. The average Bonchev–Trinajstić information content (AvgIpc) is 3.24. The smallest absolute Gasteiger partial charge is 0.166 e. The van der Waals surface area contributed by atoms with Crippen LogP contribution in [-0.4, -0.2) is 27.9 Å². The van der Waals surface area contributed by atoms with E-state index in [-0.39, 0.29) is 11.6 Å². The summed E-state index contributed by atoms with van der Waals surface area (Å²) in [5, 5.41) is 8.36. The summed E-state index contributed by atoms with van der Waals surface area (Å²) in [5.74, 6) is 0.367. The highest BCUT2D eigenvalue weighted by Crippen LogP contribution is 2.35. The van der Waals surface area contributed by atoms with E-state index in [1.807, 2.05) is 30.1 Å². The summed E-state index contributed by atoms with van der Waals surface area (Å²) in [5.41, 5.74) is 8.91. The molecule has 0 radical (unpaired) electrons. The second-order valence-electron chi connectivity index (χ2n) is 7.63. The lowest BCUT2D eigenvalue weighted by molar-refractivity contribution is 0.226. The number of anilines is 1. The van der Waals surface area contributed by atoms with Crippen LogP contribution in [0, 0.1) is 12.7 Å². The van der Waals surface area contributed by atoms with E-state index in [0.29, 0.717) is 27.9 Å². The number of hydrogen-bond donors (Lipinski definition) is 2. The summed E-state index contributed by atoms with van der Waals surface area (Å²) < 4.78 is 22.1. The Hall–Kier alpha value is -2.64. The first-order valence-electron chi connectivity index (χ1n) is 10.1. The number of nitrogens with zero attached hydrogens (tertiary/aromatic N) is 3. The molecule has 3 N–H and O–H groups in total. The highest BCUT2D eigenvalue weighted by atomic mass is 35.5. The van der Waals surface area contributed by atoms with Crippen molar-refractivity contribution in [3.8, 4) is 16.9 Å². The molecule has 158 valence electrons. The minimum atomic E-state index is -0.495. The SMILES string of the molecule is Cc1c(F)ccc(Cl)c1C(C)Oc1cc(-c2cnn(C3CCNCC3)c2)cnc1N. The van der Waals surface area contributed by atoms with Crippen LogP contribution in [0.2, 0.25) is 5.02 Å². The molecule has 0 amide bonds. The largest absolute Gasteiger partial charge is 0.482 e. The first-order valence-corrected chi connectivity index (χ1v) is 10.4. The zero-order valence-corrected chi connectivity index (χ0v) is 17.8. The minimum Gasteiger partial charge on any atom is -0.482 e. The van der Waals surface area contributed by atoms with Gasteiger partial charge >= 0.3 is 0 Å². The van der Waals surface area contributed by atoms with Crippen molar-refractivity contribution in [1.29, 1.82) is 0 Å². The molecule has 1 fully saturated rings. The van der Waals surface area contributed by atoms with Crippen LogP contribution in [0.15, 0.2) is 36.8 Å². The Morgan fingerprint density at radius 3 is 2.80 bits per heavy atom. The van der Waals surface area contributed by atoms with Crippen LogP contribution in [-0.2, 0) is 0 Å². The van der Waals surface area contributed by atoms with Crippen LogP contribution in [0.5, 0.6) is 5.75 Å². The second-order valence-corrected chi connectivity index (χ2v) is 8.03. The molecule has 1 aromatic carbocycles. The van der Waals surface area contributed by atoms with Crippen LogP contribution in [0.1, 0.15) is 43.0 Å². The number of pyridine rings is 1. The fourth-order valence-corrected chi connectivity index (χ4v) is 4.24. The summed E-state index contributed by atoms with van der Waals surface area (Å²) >= 11 is 6.30. The summed E-state index contributed by atoms with van der Waals surface area (Å²) in [6.45, 7) is 5.50. The summed E-state index contributed by atoms with van der Waals surface area (Å²) in [7, 11) is 0. The lowest BCUT2D eigenvalue weighted by Crippen LogP contribution is -2.29. The van der Waals surface area contributed by atoms with Gasteiger partial charge in [-0.3, -0.25) is 4.68 Å². The third kappa shape index (κ3) is 4.13. The minimum absolute atomic E-state index is 0.265.